The summed E-state index contributed by atoms with van der Waals surface area (Å²) >= 11 is 2.85. The van der Waals surface area contributed by atoms with Crippen LogP contribution in [0.5, 0.6) is 0 Å². The van der Waals surface area contributed by atoms with Gasteiger partial charge in [0.15, 0.2) is 0 Å². The number of rotatable bonds is 2. The minimum absolute atomic E-state index is 0.167. The van der Waals surface area contributed by atoms with Crippen LogP contribution in [0.25, 0.3) is 0 Å². The van der Waals surface area contributed by atoms with Gasteiger partial charge in [-0.3, -0.25) is 0 Å². The van der Waals surface area contributed by atoms with Gasteiger partial charge in [0.2, 0.25) is 0 Å². The van der Waals surface area contributed by atoms with Crippen LogP contribution in [-0.2, 0) is 4.79 Å². The minimum Gasteiger partial charge on any atom is -0.477 e. The summed E-state index contributed by atoms with van der Waals surface area (Å²) in [5, 5.41) is 8.26. The number of hydrogen-bond acceptors (Lipinski definition) is 1. The quantitative estimate of drug-likeness (QED) is 0.534. The van der Waals surface area contributed by atoms with Gasteiger partial charge in [-0.1, -0.05) is 12.2 Å². The molecule has 50 valence electrons. The van der Waals surface area contributed by atoms with Gasteiger partial charge in [0.25, 0.3) is 0 Å². The Morgan fingerprint density at radius 3 is 2.56 bits per heavy atom. The van der Waals surface area contributed by atoms with E-state index in [1.54, 1.807) is 12.2 Å². The highest BCUT2D eigenvalue weighted by Gasteiger charge is 1.97. The number of aliphatic carboxylic acids is 1. The van der Waals surface area contributed by atoms with Gasteiger partial charge in [0.1, 0.15) is 4.48 Å². The third kappa shape index (κ3) is 3.97. The zero-order chi connectivity index (χ0) is 7.28. The van der Waals surface area contributed by atoms with Gasteiger partial charge in [-0.15, -0.1) is 0 Å². The largest absolute Gasteiger partial charge is 0.477 e. The molecule has 9 heavy (non-hydrogen) atoms. The highest BCUT2D eigenvalue weighted by Crippen LogP contribution is 2.03. The van der Waals surface area contributed by atoms with Crippen LogP contribution in [0, 0.1) is 0 Å². The van der Waals surface area contributed by atoms with Crippen LogP contribution in [0.4, 0.5) is 0 Å². The molecular formula is C6H7BrO2. The molecule has 0 rings (SSSR count). The summed E-state index contributed by atoms with van der Waals surface area (Å²) in [5.41, 5.74) is 0. The molecule has 0 bridgehead atoms. The lowest BCUT2D eigenvalue weighted by Crippen LogP contribution is -1.91. The fraction of sp³-hybridized carbons (Fsp3) is 0.167. The van der Waals surface area contributed by atoms with Crippen molar-refractivity contribution >= 4 is 21.9 Å². The van der Waals surface area contributed by atoms with Gasteiger partial charge in [-0.05, 0) is 28.9 Å². The van der Waals surface area contributed by atoms with Crippen LogP contribution in [-0.4, -0.2) is 11.1 Å². The van der Waals surface area contributed by atoms with Crippen molar-refractivity contribution in [1.29, 1.82) is 0 Å². The lowest BCUT2D eigenvalue weighted by Gasteiger charge is -1.83. The molecule has 0 saturated carbocycles. The molecule has 2 nitrogen and oxygen atoms in total. The molecule has 0 aliphatic carbocycles. The summed E-state index contributed by atoms with van der Waals surface area (Å²) in [4.78, 5) is 10.1. The smallest absolute Gasteiger partial charge is 0.342 e. The van der Waals surface area contributed by atoms with Crippen LogP contribution in [0.3, 0.4) is 0 Å². The van der Waals surface area contributed by atoms with Crippen molar-refractivity contribution in [3.05, 3.63) is 22.7 Å². The molecule has 1 N–H and O–H groups in total. The summed E-state index contributed by atoms with van der Waals surface area (Å²) in [7, 11) is 0. The van der Waals surface area contributed by atoms with Crippen molar-refractivity contribution < 1.29 is 9.90 Å². The zero-order valence-electron chi connectivity index (χ0n) is 4.97. The molecular weight excluding hydrogens is 184 g/mol. The normalized spacial score (nSPS) is 12.4. The van der Waals surface area contributed by atoms with Crippen molar-refractivity contribution in [2.75, 3.05) is 0 Å². The molecule has 0 heterocycles. The molecule has 0 amide bonds. The maximum absolute atomic E-state index is 10.1. The standard InChI is InChI=1S/C6H7BrO2/c1-2-3-4-5(7)6(8)9/h2-4H,1H3,(H,8,9)/b3-2+,5-4-. The molecule has 0 fully saturated rings. The average Bonchev–Trinajstić information content (AvgIpc) is 1.82. The first-order chi connectivity index (χ1) is 4.18. The molecule has 0 saturated heterocycles. The van der Waals surface area contributed by atoms with E-state index < -0.39 is 5.97 Å². The number of carboxylic acid groups (broad SMARTS) is 1. The monoisotopic (exact) mass is 190 g/mol. The maximum atomic E-state index is 10.1. The molecule has 0 unspecified atom stereocenters. The van der Waals surface area contributed by atoms with Gasteiger partial charge in [0, 0.05) is 0 Å². The van der Waals surface area contributed by atoms with Crippen molar-refractivity contribution in [3.8, 4) is 0 Å². The Hall–Kier alpha value is -0.570. The first kappa shape index (κ1) is 8.43. The van der Waals surface area contributed by atoms with Crippen LogP contribution < -0.4 is 0 Å². The topological polar surface area (TPSA) is 37.3 Å². The lowest BCUT2D eigenvalue weighted by atomic mass is 10.4. The molecule has 0 aliphatic heterocycles. The van der Waals surface area contributed by atoms with E-state index in [-0.39, 0.29) is 4.48 Å². The van der Waals surface area contributed by atoms with Crippen molar-refractivity contribution in [2.45, 2.75) is 6.92 Å². The number of carboxylic acids is 1. The van der Waals surface area contributed by atoms with Crippen LogP contribution in [0.15, 0.2) is 22.7 Å². The molecule has 0 atom stereocenters. The predicted molar refractivity (Wildman–Crippen MR) is 39.5 cm³/mol. The number of carbonyl (C=O) groups is 1. The lowest BCUT2D eigenvalue weighted by molar-refractivity contribution is -0.131. The first-order valence-electron chi connectivity index (χ1n) is 2.40. The average molecular weight is 191 g/mol. The van der Waals surface area contributed by atoms with Crippen molar-refractivity contribution in [1.82, 2.24) is 0 Å². The van der Waals surface area contributed by atoms with Gasteiger partial charge in [0.05, 0.1) is 0 Å². The third-order valence-corrected chi connectivity index (χ3v) is 1.24. The van der Waals surface area contributed by atoms with E-state index in [0.29, 0.717) is 0 Å². The second-order valence-corrected chi connectivity index (χ2v) is 2.20. The highest BCUT2D eigenvalue weighted by atomic mass is 79.9. The number of hydrogen-bond donors (Lipinski definition) is 1. The van der Waals surface area contributed by atoms with Crippen molar-refractivity contribution in [3.63, 3.8) is 0 Å². The van der Waals surface area contributed by atoms with E-state index >= 15 is 0 Å². The first-order valence-corrected chi connectivity index (χ1v) is 3.19. The highest BCUT2D eigenvalue weighted by molar-refractivity contribution is 9.12. The van der Waals surface area contributed by atoms with Crippen LogP contribution in [0.1, 0.15) is 6.92 Å². The van der Waals surface area contributed by atoms with Gasteiger partial charge >= 0.3 is 5.97 Å². The maximum Gasteiger partial charge on any atom is 0.342 e. The molecule has 0 aromatic carbocycles. The van der Waals surface area contributed by atoms with E-state index in [1.807, 2.05) is 6.92 Å². The van der Waals surface area contributed by atoms with E-state index in [0.717, 1.165) is 0 Å². The van der Waals surface area contributed by atoms with Gasteiger partial charge in [-0.2, -0.15) is 0 Å². The summed E-state index contributed by atoms with van der Waals surface area (Å²) < 4.78 is 0.167. The summed E-state index contributed by atoms with van der Waals surface area (Å²) in [5.74, 6) is -0.951. The van der Waals surface area contributed by atoms with E-state index in [9.17, 15) is 4.79 Å². The Morgan fingerprint density at radius 2 is 2.22 bits per heavy atom. The van der Waals surface area contributed by atoms with Crippen LogP contribution >= 0.6 is 15.9 Å². The van der Waals surface area contributed by atoms with Crippen molar-refractivity contribution in [2.24, 2.45) is 0 Å². The van der Waals surface area contributed by atoms with E-state index in [1.165, 1.54) is 6.08 Å². The Labute approximate surface area is 62.0 Å². The Kier molecular flexibility index (Phi) is 4.05. The summed E-state index contributed by atoms with van der Waals surface area (Å²) in [6, 6.07) is 0. The van der Waals surface area contributed by atoms with E-state index in [2.05, 4.69) is 15.9 Å². The second kappa shape index (κ2) is 4.32. The Bertz CT molecular complexity index is 158. The zero-order valence-corrected chi connectivity index (χ0v) is 6.55. The molecule has 0 radical (unpaired) electrons. The van der Waals surface area contributed by atoms with Gasteiger partial charge < -0.3 is 5.11 Å². The minimum atomic E-state index is -0.951. The summed E-state index contributed by atoms with van der Waals surface area (Å²) in [6.45, 7) is 1.82. The molecule has 0 aromatic heterocycles. The fourth-order valence-electron chi connectivity index (χ4n) is 0.252. The van der Waals surface area contributed by atoms with Crippen LogP contribution in [0.2, 0.25) is 0 Å². The Balaban J connectivity index is 4.00. The molecule has 0 spiro atoms. The van der Waals surface area contributed by atoms with E-state index in [4.69, 9.17) is 5.11 Å². The number of allylic oxidation sites excluding steroid dienone is 3. The third-order valence-electron chi connectivity index (χ3n) is 0.639. The summed E-state index contributed by atoms with van der Waals surface area (Å²) in [6.07, 6.45) is 4.88. The molecule has 3 heteroatoms. The Morgan fingerprint density at radius 1 is 1.67 bits per heavy atom. The second-order valence-electron chi connectivity index (χ2n) is 1.35. The molecule has 0 aromatic rings. The molecule has 0 aliphatic rings. The predicted octanol–water partition coefficient (Wildman–Crippen LogP) is 1.93. The number of halogens is 1. The van der Waals surface area contributed by atoms with Gasteiger partial charge in [-0.25, -0.2) is 4.79 Å². The SMILES string of the molecule is C/C=C/C=C(\Br)C(=O)O. The fourth-order valence-corrected chi connectivity index (χ4v) is 0.405.